The molecule has 0 radical (unpaired) electrons. The first kappa shape index (κ1) is 12.8. The van der Waals surface area contributed by atoms with Crippen LogP contribution in [0.15, 0.2) is 18.2 Å². The Balaban J connectivity index is 2.43. The van der Waals surface area contributed by atoms with Crippen LogP contribution >= 0.6 is 11.6 Å². The summed E-state index contributed by atoms with van der Waals surface area (Å²) in [4.78, 5) is 10.5. The summed E-state index contributed by atoms with van der Waals surface area (Å²) in [6.45, 7) is 2.43. The molecule has 0 fully saturated rings. The Labute approximate surface area is 99.4 Å². The van der Waals surface area contributed by atoms with Crippen LogP contribution < -0.4 is 11.1 Å². The number of carboxylic acid groups (broad SMARTS) is 1. The monoisotopic (exact) mass is 242 g/mol. The highest BCUT2D eigenvalue weighted by Crippen LogP contribution is 2.19. The molecule has 0 amide bonds. The van der Waals surface area contributed by atoms with Crippen molar-refractivity contribution >= 4 is 23.3 Å². The van der Waals surface area contributed by atoms with Gasteiger partial charge in [-0.3, -0.25) is 4.79 Å². The van der Waals surface area contributed by atoms with Gasteiger partial charge in [0.05, 0.1) is 0 Å². The van der Waals surface area contributed by atoms with Crippen molar-refractivity contribution in [2.75, 3.05) is 11.9 Å². The normalized spacial score (nSPS) is 12.2. The molecule has 0 spiro atoms. The number of hydrogen-bond acceptors (Lipinski definition) is 3. The fourth-order valence-electron chi connectivity index (χ4n) is 1.20. The van der Waals surface area contributed by atoms with Crippen molar-refractivity contribution in [3.8, 4) is 0 Å². The molecule has 4 N–H and O–H groups in total. The Morgan fingerprint density at radius 1 is 1.62 bits per heavy atom. The lowest BCUT2D eigenvalue weighted by Crippen LogP contribution is -2.32. The van der Waals surface area contributed by atoms with Gasteiger partial charge in [0, 0.05) is 17.3 Å². The number of aliphatic carboxylic acids is 1. The Bertz CT molecular complexity index is 382. The van der Waals surface area contributed by atoms with Gasteiger partial charge in [-0.25, -0.2) is 0 Å². The first-order chi connectivity index (χ1) is 7.50. The van der Waals surface area contributed by atoms with Gasteiger partial charge in [-0.05, 0) is 31.0 Å². The van der Waals surface area contributed by atoms with Gasteiger partial charge in [0.2, 0.25) is 0 Å². The zero-order chi connectivity index (χ0) is 12.1. The maximum Gasteiger partial charge on any atom is 0.320 e. The van der Waals surface area contributed by atoms with Gasteiger partial charge in [0.1, 0.15) is 6.04 Å². The smallest absolute Gasteiger partial charge is 0.320 e. The van der Waals surface area contributed by atoms with Crippen molar-refractivity contribution in [3.63, 3.8) is 0 Å². The van der Waals surface area contributed by atoms with Crippen molar-refractivity contribution in [1.29, 1.82) is 0 Å². The van der Waals surface area contributed by atoms with Crippen LogP contribution in [-0.4, -0.2) is 23.7 Å². The predicted molar refractivity (Wildman–Crippen MR) is 64.9 cm³/mol. The van der Waals surface area contributed by atoms with Gasteiger partial charge in [-0.1, -0.05) is 17.7 Å². The minimum atomic E-state index is -0.983. The van der Waals surface area contributed by atoms with Crippen molar-refractivity contribution in [3.05, 3.63) is 28.8 Å². The van der Waals surface area contributed by atoms with Crippen molar-refractivity contribution in [1.82, 2.24) is 0 Å². The second-order valence-corrected chi connectivity index (χ2v) is 4.03. The van der Waals surface area contributed by atoms with E-state index in [1.807, 2.05) is 25.1 Å². The highest BCUT2D eigenvalue weighted by molar-refractivity contribution is 6.31. The van der Waals surface area contributed by atoms with Crippen LogP contribution in [-0.2, 0) is 4.79 Å². The number of nitrogens with one attached hydrogen (secondary N) is 1. The lowest BCUT2D eigenvalue weighted by molar-refractivity contribution is -0.138. The van der Waals surface area contributed by atoms with Crippen molar-refractivity contribution in [2.45, 2.75) is 19.4 Å². The van der Waals surface area contributed by atoms with E-state index in [1.165, 1.54) is 0 Å². The zero-order valence-electron chi connectivity index (χ0n) is 9.03. The summed E-state index contributed by atoms with van der Waals surface area (Å²) >= 11 is 5.95. The molecule has 1 rings (SSSR count). The van der Waals surface area contributed by atoms with E-state index in [4.69, 9.17) is 22.4 Å². The second kappa shape index (κ2) is 5.72. The van der Waals surface area contributed by atoms with Gasteiger partial charge in [-0.2, -0.15) is 0 Å². The fraction of sp³-hybridized carbons (Fsp3) is 0.364. The minimum absolute atomic E-state index is 0.376. The molecule has 0 aromatic heterocycles. The number of halogens is 1. The molecule has 0 bridgehead atoms. The molecule has 5 heteroatoms. The van der Waals surface area contributed by atoms with E-state index in [0.29, 0.717) is 18.0 Å². The topological polar surface area (TPSA) is 75.3 Å². The number of benzene rings is 1. The molecular weight excluding hydrogens is 228 g/mol. The highest BCUT2D eigenvalue weighted by Gasteiger charge is 2.10. The van der Waals surface area contributed by atoms with E-state index in [9.17, 15) is 4.79 Å². The minimum Gasteiger partial charge on any atom is -0.480 e. The number of rotatable bonds is 5. The van der Waals surface area contributed by atoms with Crippen LogP contribution in [0.3, 0.4) is 0 Å². The van der Waals surface area contributed by atoms with E-state index in [2.05, 4.69) is 5.32 Å². The number of aryl methyl sites for hydroxylation is 1. The summed E-state index contributed by atoms with van der Waals surface area (Å²) in [5.41, 5.74) is 7.25. The maximum absolute atomic E-state index is 10.5. The van der Waals surface area contributed by atoms with E-state index < -0.39 is 12.0 Å². The Hall–Kier alpha value is -1.26. The van der Waals surface area contributed by atoms with Crippen LogP contribution in [0.25, 0.3) is 0 Å². The Morgan fingerprint density at radius 2 is 2.31 bits per heavy atom. The van der Waals surface area contributed by atoms with Crippen LogP contribution in [0, 0.1) is 6.92 Å². The molecule has 0 saturated carbocycles. The third-order valence-electron chi connectivity index (χ3n) is 2.27. The quantitative estimate of drug-likeness (QED) is 0.737. The molecule has 0 aliphatic heterocycles. The number of carbonyl (C=O) groups is 1. The molecule has 0 saturated heterocycles. The number of carboxylic acids is 1. The van der Waals surface area contributed by atoms with Gasteiger partial charge in [0.15, 0.2) is 0 Å². The summed E-state index contributed by atoms with van der Waals surface area (Å²) in [5, 5.41) is 12.3. The Kier molecular flexibility index (Phi) is 4.58. The van der Waals surface area contributed by atoms with Gasteiger partial charge < -0.3 is 16.2 Å². The summed E-state index contributed by atoms with van der Waals surface area (Å²) in [6, 6.07) is 4.78. The zero-order valence-corrected chi connectivity index (χ0v) is 9.79. The SMILES string of the molecule is Cc1ccc(NCCC(N)C(=O)O)cc1Cl. The highest BCUT2D eigenvalue weighted by atomic mass is 35.5. The van der Waals surface area contributed by atoms with Gasteiger partial charge in [0.25, 0.3) is 0 Å². The molecule has 1 aromatic rings. The third kappa shape index (κ3) is 3.72. The average Bonchev–Trinajstić information content (AvgIpc) is 2.23. The standard InChI is InChI=1S/C11H15ClN2O2/c1-7-2-3-8(6-9(7)12)14-5-4-10(13)11(15)16/h2-3,6,10,14H,4-5,13H2,1H3,(H,15,16). The van der Waals surface area contributed by atoms with Crippen molar-refractivity contribution in [2.24, 2.45) is 5.73 Å². The molecule has 1 aromatic carbocycles. The summed E-state index contributed by atoms with van der Waals surface area (Å²) < 4.78 is 0. The van der Waals surface area contributed by atoms with Gasteiger partial charge >= 0.3 is 5.97 Å². The first-order valence-corrected chi connectivity index (χ1v) is 5.37. The van der Waals surface area contributed by atoms with Crippen LogP contribution in [0.1, 0.15) is 12.0 Å². The first-order valence-electron chi connectivity index (χ1n) is 4.99. The second-order valence-electron chi connectivity index (χ2n) is 3.62. The van der Waals surface area contributed by atoms with E-state index in [-0.39, 0.29) is 0 Å². The Morgan fingerprint density at radius 3 is 2.88 bits per heavy atom. The maximum atomic E-state index is 10.5. The summed E-state index contributed by atoms with van der Waals surface area (Å²) in [6.07, 6.45) is 0.376. The molecule has 0 aliphatic carbocycles. The molecule has 16 heavy (non-hydrogen) atoms. The number of hydrogen-bond donors (Lipinski definition) is 3. The third-order valence-corrected chi connectivity index (χ3v) is 2.68. The number of nitrogens with two attached hydrogens (primary N) is 1. The molecule has 4 nitrogen and oxygen atoms in total. The van der Waals surface area contributed by atoms with Crippen LogP contribution in [0.2, 0.25) is 5.02 Å². The predicted octanol–water partition coefficient (Wildman–Crippen LogP) is 1.86. The van der Waals surface area contributed by atoms with Crippen LogP contribution in [0.4, 0.5) is 5.69 Å². The number of anilines is 1. The average molecular weight is 243 g/mol. The largest absolute Gasteiger partial charge is 0.480 e. The van der Waals surface area contributed by atoms with Crippen LogP contribution in [0.5, 0.6) is 0 Å². The van der Waals surface area contributed by atoms with E-state index >= 15 is 0 Å². The lowest BCUT2D eigenvalue weighted by atomic mass is 10.2. The van der Waals surface area contributed by atoms with E-state index in [1.54, 1.807) is 0 Å². The fourth-order valence-corrected chi connectivity index (χ4v) is 1.38. The summed E-state index contributed by atoms with van der Waals surface area (Å²) in [5.74, 6) is -0.983. The van der Waals surface area contributed by atoms with Gasteiger partial charge in [-0.15, -0.1) is 0 Å². The molecule has 1 atom stereocenters. The molecule has 88 valence electrons. The molecule has 0 heterocycles. The molecule has 1 unspecified atom stereocenters. The van der Waals surface area contributed by atoms with Crippen molar-refractivity contribution < 1.29 is 9.90 Å². The molecule has 0 aliphatic rings. The molecular formula is C11H15ClN2O2. The summed E-state index contributed by atoms with van der Waals surface area (Å²) in [7, 11) is 0. The van der Waals surface area contributed by atoms with E-state index in [0.717, 1.165) is 11.3 Å². The lowest BCUT2D eigenvalue weighted by Gasteiger charge is -2.09.